The predicted octanol–water partition coefficient (Wildman–Crippen LogP) is 5.45. The highest BCUT2D eigenvalue weighted by Gasteiger charge is 2.22. The average molecular weight is 395 g/mol. The van der Waals surface area contributed by atoms with Crippen LogP contribution in [-0.4, -0.2) is 18.5 Å². The zero-order valence-electron chi connectivity index (χ0n) is 17.7. The molecule has 0 saturated heterocycles. The molecule has 0 fully saturated rings. The van der Waals surface area contributed by atoms with Crippen LogP contribution < -0.4 is 4.74 Å². The van der Waals surface area contributed by atoms with Gasteiger partial charge in [0.05, 0.1) is 6.61 Å². The second kappa shape index (κ2) is 10.6. The fourth-order valence-corrected chi connectivity index (χ4v) is 2.96. The molecule has 2 aromatic carbocycles. The molecule has 0 N–H and O–H groups in total. The summed E-state index contributed by atoms with van der Waals surface area (Å²) in [5.41, 5.74) is 2.16. The van der Waals surface area contributed by atoms with Gasteiger partial charge in [0.15, 0.2) is 0 Å². The van der Waals surface area contributed by atoms with E-state index in [0.717, 1.165) is 30.6 Å². The minimum absolute atomic E-state index is 0.164. The molecular weight excluding hydrogens is 364 g/mol. The Morgan fingerprint density at radius 1 is 0.897 bits per heavy atom. The number of benzene rings is 2. The summed E-state index contributed by atoms with van der Waals surface area (Å²) in [5.74, 6) is -0.147. The van der Waals surface area contributed by atoms with Gasteiger partial charge in [0, 0.05) is 17.6 Å². The van der Waals surface area contributed by atoms with E-state index in [4.69, 9.17) is 9.47 Å². The summed E-state index contributed by atoms with van der Waals surface area (Å²) in [7, 11) is 0. The van der Waals surface area contributed by atoms with Crippen molar-refractivity contribution in [2.75, 3.05) is 6.61 Å². The topological polar surface area (TPSA) is 52.6 Å². The molecule has 0 aliphatic carbocycles. The van der Waals surface area contributed by atoms with E-state index in [0.29, 0.717) is 18.3 Å². The van der Waals surface area contributed by atoms with Gasteiger partial charge in [0.2, 0.25) is 0 Å². The van der Waals surface area contributed by atoms with Gasteiger partial charge in [-0.15, -0.1) is 0 Å². The Morgan fingerprint density at radius 3 is 2.10 bits per heavy atom. The molecule has 0 radical (unpaired) electrons. The van der Waals surface area contributed by atoms with Crippen molar-refractivity contribution in [1.82, 2.24) is 0 Å². The van der Waals surface area contributed by atoms with E-state index >= 15 is 0 Å². The van der Waals surface area contributed by atoms with Crippen LogP contribution in [0.1, 0.15) is 51.7 Å². The summed E-state index contributed by atoms with van der Waals surface area (Å²) in [5, 5.41) is 0. The van der Waals surface area contributed by atoms with Crippen LogP contribution in [0.3, 0.4) is 0 Å². The van der Waals surface area contributed by atoms with E-state index in [2.05, 4.69) is 39.8 Å². The second-order valence-corrected chi connectivity index (χ2v) is 7.97. The molecule has 154 valence electrons. The number of carbonyl (C=O) groups is 2. The summed E-state index contributed by atoms with van der Waals surface area (Å²) >= 11 is 0. The number of carbonyl (C=O) groups excluding carboxylic acids is 2. The predicted molar refractivity (Wildman–Crippen MR) is 115 cm³/mol. The SMILES string of the molecule is CC(C)CCCOC(=O)/C=C/C(=O)Oc1ccc(C(C)(C)c2ccccc2)cc1. The van der Waals surface area contributed by atoms with Crippen LogP contribution in [0.25, 0.3) is 0 Å². The van der Waals surface area contributed by atoms with Crippen molar-refractivity contribution in [2.45, 2.75) is 46.0 Å². The van der Waals surface area contributed by atoms with E-state index in [9.17, 15) is 9.59 Å². The van der Waals surface area contributed by atoms with Crippen molar-refractivity contribution in [2.24, 2.45) is 5.92 Å². The van der Waals surface area contributed by atoms with Crippen LogP contribution in [0, 0.1) is 5.92 Å². The number of hydrogen-bond acceptors (Lipinski definition) is 4. The Hall–Kier alpha value is -2.88. The Labute approximate surface area is 173 Å². The van der Waals surface area contributed by atoms with Gasteiger partial charge < -0.3 is 9.47 Å². The van der Waals surface area contributed by atoms with E-state index in [1.165, 1.54) is 5.56 Å². The summed E-state index contributed by atoms with van der Waals surface area (Å²) < 4.78 is 10.3. The minimum Gasteiger partial charge on any atom is -0.463 e. The van der Waals surface area contributed by atoms with Gasteiger partial charge in [0.1, 0.15) is 5.75 Å². The van der Waals surface area contributed by atoms with Crippen molar-refractivity contribution >= 4 is 11.9 Å². The molecule has 0 saturated carbocycles. The van der Waals surface area contributed by atoms with Crippen LogP contribution in [0.5, 0.6) is 5.75 Å². The minimum atomic E-state index is -0.612. The van der Waals surface area contributed by atoms with Crippen LogP contribution in [0.15, 0.2) is 66.7 Å². The molecule has 0 bridgehead atoms. The molecule has 4 heteroatoms. The van der Waals surface area contributed by atoms with Crippen molar-refractivity contribution in [3.05, 3.63) is 77.9 Å². The quantitative estimate of drug-likeness (QED) is 0.245. The number of rotatable bonds is 9. The second-order valence-electron chi connectivity index (χ2n) is 7.97. The highest BCUT2D eigenvalue weighted by Crippen LogP contribution is 2.32. The molecule has 0 spiro atoms. The van der Waals surface area contributed by atoms with Crippen LogP contribution in [0.4, 0.5) is 0 Å². The van der Waals surface area contributed by atoms with Gasteiger partial charge in [-0.05, 0) is 42.0 Å². The molecule has 0 heterocycles. The lowest BCUT2D eigenvalue weighted by atomic mass is 9.78. The summed E-state index contributed by atoms with van der Waals surface area (Å²) in [6.45, 7) is 8.90. The molecule has 0 amide bonds. The maximum Gasteiger partial charge on any atom is 0.336 e. The van der Waals surface area contributed by atoms with Gasteiger partial charge >= 0.3 is 11.9 Å². The largest absolute Gasteiger partial charge is 0.463 e. The smallest absolute Gasteiger partial charge is 0.336 e. The van der Waals surface area contributed by atoms with E-state index < -0.39 is 11.9 Å². The van der Waals surface area contributed by atoms with E-state index in [1.807, 2.05) is 30.3 Å². The molecule has 4 nitrogen and oxygen atoms in total. The Bertz CT molecular complexity index is 818. The van der Waals surface area contributed by atoms with Crippen molar-refractivity contribution in [3.63, 3.8) is 0 Å². The van der Waals surface area contributed by atoms with Crippen molar-refractivity contribution in [1.29, 1.82) is 0 Å². The summed E-state index contributed by atoms with van der Waals surface area (Å²) in [6, 6.07) is 17.7. The fraction of sp³-hybridized carbons (Fsp3) is 0.360. The molecule has 0 unspecified atom stereocenters. The lowest BCUT2D eigenvalue weighted by Crippen LogP contribution is -2.18. The standard InChI is InChI=1S/C25H30O4/c1-19(2)9-8-18-28-23(26)16-17-24(27)29-22-14-12-21(13-15-22)25(3,4)20-10-6-5-7-11-20/h5-7,10-17,19H,8-9,18H2,1-4H3/b17-16+. The normalized spacial score (nSPS) is 11.6. The lowest BCUT2D eigenvalue weighted by Gasteiger charge is -2.26. The van der Waals surface area contributed by atoms with Crippen molar-refractivity contribution < 1.29 is 19.1 Å². The lowest BCUT2D eigenvalue weighted by molar-refractivity contribution is -0.138. The van der Waals surface area contributed by atoms with Crippen LogP contribution >= 0.6 is 0 Å². The van der Waals surface area contributed by atoms with Crippen LogP contribution in [-0.2, 0) is 19.7 Å². The maximum atomic E-state index is 11.9. The summed E-state index contributed by atoms with van der Waals surface area (Å²) in [6.07, 6.45) is 4.00. The van der Waals surface area contributed by atoms with Gasteiger partial charge in [0.25, 0.3) is 0 Å². The van der Waals surface area contributed by atoms with Gasteiger partial charge in [-0.2, -0.15) is 0 Å². The molecule has 0 atom stereocenters. The average Bonchev–Trinajstić information content (AvgIpc) is 2.70. The maximum absolute atomic E-state index is 11.9. The first kappa shape index (κ1) is 22.4. The highest BCUT2D eigenvalue weighted by molar-refractivity contribution is 5.92. The first-order valence-corrected chi connectivity index (χ1v) is 10.0. The van der Waals surface area contributed by atoms with Gasteiger partial charge in [-0.1, -0.05) is 70.2 Å². The van der Waals surface area contributed by atoms with Gasteiger partial charge in [-0.3, -0.25) is 0 Å². The molecule has 0 aromatic heterocycles. The zero-order chi connectivity index (χ0) is 21.3. The first-order chi connectivity index (χ1) is 13.8. The van der Waals surface area contributed by atoms with E-state index in [1.54, 1.807) is 12.1 Å². The number of esters is 2. The highest BCUT2D eigenvalue weighted by atomic mass is 16.5. The third-order valence-corrected chi connectivity index (χ3v) is 4.82. The molecular formula is C25H30O4. The van der Waals surface area contributed by atoms with E-state index in [-0.39, 0.29) is 5.41 Å². The first-order valence-electron chi connectivity index (χ1n) is 10.0. The number of ether oxygens (including phenoxy) is 2. The van der Waals surface area contributed by atoms with Crippen molar-refractivity contribution in [3.8, 4) is 5.75 Å². The van der Waals surface area contributed by atoms with Gasteiger partial charge in [-0.25, -0.2) is 9.59 Å². The Balaban J connectivity index is 1.87. The Morgan fingerprint density at radius 2 is 1.48 bits per heavy atom. The Kier molecular flexibility index (Phi) is 8.20. The molecule has 0 aliphatic heterocycles. The zero-order valence-corrected chi connectivity index (χ0v) is 17.7. The third kappa shape index (κ3) is 7.22. The fourth-order valence-electron chi connectivity index (χ4n) is 2.96. The third-order valence-electron chi connectivity index (χ3n) is 4.82. The summed E-state index contributed by atoms with van der Waals surface area (Å²) in [4.78, 5) is 23.5. The van der Waals surface area contributed by atoms with Crippen LogP contribution in [0.2, 0.25) is 0 Å². The molecule has 2 aromatic rings. The molecule has 2 rings (SSSR count). The molecule has 29 heavy (non-hydrogen) atoms. The monoisotopic (exact) mass is 394 g/mol. The number of hydrogen-bond donors (Lipinski definition) is 0. The molecule has 0 aliphatic rings.